The minimum Gasteiger partial charge on any atom is -0.372 e. The summed E-state index contributed by atoms with van der Waals surface area (Å²) in [7, 11) is -1.31. The molecule has 1 amide bonds. The Labute approximate surface area is 223 Å². The number of aromatic nitrogens is 2. The van der Waals surface area contributed by atoms with Crippen molar-refractivity contribution in [2.45, 2.75) is 43.9 Å². The van der Waals surface area contributed by atoms with Crippen LogP contribution in [0, 0.1) is 0 Å². The number of halogens is 5. The van der Waals surface area contributed by atoms with Crippen molar-refractivity contribution >= 4 is 51.3 Å². The zero-order valence-corrected chi connectivity index (χ0v) is 22.2. The third-order valence-corrected chi connectivity index (χ3v) is 7.97. The molecule has 0 bridgehead atoms. The smallest absolute Gasteiger partial charge is 0.372 e. The maximum atomic E-state index is 14.0. The highest BCUT2D eigenvalue weighted by molar-refractivity contribution is 7.85. The van der Waals surface area contributed by atoms with E-state index >= 15 is 0 Å². The SMILES string of the molecule is CCS(=O)c1ccc(Cl)cc1Cn1cnc2c(Cl)c(CN3CCCC3)c(C(F)(F)F)cc2c1=O.NC=O. The van der Waals surface area contributed by atoms with Crippen molar-refractivity contribution in [1.82, 2.24) is 14.5 Å². The van der Waals surface area contributed by atoms with Gasteiger partial charge in [-0.2, -0.15) is 13.2 Å². The van der Waals surface area contributed by atoms with E-state index in [1.54, 1.807) is 25.1 Å². The van der Waals surface area contributed by atoms with Crippen molar-refractivity contribution in [2.75, 3.05) is 18.8 Å². The second-order valence-electron chi connectivity index (χ2n) is 8.29. The Balaban J connectivity index is 0.00000121. The molecular weight excluding hydrogens is 552 g/mol. The van der Waals surface area contributed by atoms with Crippen molar-refractivity contribution in [2.24, 2.45) is 5.73 Å². The van der Waals surface area contributed by atoms with Crippen LogP contribution in [0.1, 0.15) is 36.5 Å². The average molecular weight is 577 g/mol. The summed E-state index contributed by atoms with van der Waals surface area (Å²) in [6.07, 6.45) is -1.34. The van der Waals surface area contributed by atoms with E-state index < -0.39 is 28.1 Å². The van der Waals surface area contributed by atoms with Gasteiger partial charge < -0.3 is 5.73 Å². The number of rotatable bonds is 6. The molecule has 0 saturated carbocycles. The Morgan fingerprint density at radius 2 is 1.81 bits per heavy atom. The number of benzene rings is 2. The zero-order valence-electron chi connectivity index (χ0n) is 19.9. The Kier molecular flexibility index (Phi) is 9.74. The van der Waals surface area contributed by atoms with Crippen LogP contribution in [0.3, 0.4) is 0 Å². The molecule has 1 aliphatic rings. The molecule has 200 valence electrons. The van der Waals surface area contributed by atoms with Gasteiger partial charge in [-0.1, -0.05) is 30.1 Å². The van der Waals surface area contributed by atoms with Crippen LogP contribution in [0.4, 0.5) is 13.2 Å². The zero-order chi connectivity index (χ0) is 27.3. The molecule has 0 spiro atoms. The number of fused-ring (bicyclic) bond motifs is 1. The Morgan fingerprint density at radius 1 is 1.16 bits per heavy atom. The normalized spacial score (nSPS) is 14.9. The molecule has 0 radical (unpaired) electrons. The number of nitrogens with zero attached hydrogens (tertiary/aromatic N) is 3. The number of alkyl halides is 3. The number of nitrogens with two attached hydrogens (primary N) is 1. The molecule has 13 heteroatoms. The monoisotopic (exact) mass is 576 g/mol. The predicted octanol–water partition coefficient (Wildman–Crippen LogP) is 4.60. The van der Waals surface area contributed by atoms with Crippen LogP contribution in [-0.4, -0.2) is 43.9 Å². The Hall–Kier alpha value is -2.47. The first-order valence-electron chi connectivity index (χ1n) is 11.3. The van der Waals surface area contributed by atoms with Crippen molar-refractivity contribution in [3.05, 3.63) is 67.7 Å². The third kappa shape index (κ3) is 6.70. The lowest BCUT2D eigenvalue weighted by molar-refractivity contribution is -0.138. The molecule has 3 aromatic rings. The highest BCUT2D eigenvalue weighted by atomic mass is 35.5. The summed E-state index contributed by atoms with van der Waals surface area (Å²) in [5.41, 5.74) is 3.07. The van der Waals surface area contributed by atoms with Crippen LogP contribution in [0.25, 0.3) is 10.9 Å². The van der Waals surface area contributed by atoms with Gasteiger partial charge in [0, 0.05) is 22.2 Å². The van der Waals surface area contributed by atoms with Gasteiger partial charge in [0.2, 0.25) is 6.41 Å². The molecule has 2 heterocycles. The number of amides is 1. The first kappa shape index (κ1) is 29.1. The highest BCUT2D eigenvalue weighted by Gasteiger charge is 2.36. The quantitative estimate of drug-likeness (QED) is 0.432. The van der Waals surface area contributed by atoms with Gasteiger partial charge >= 0.3 is 6.18 Å². The molecule has 1 saturated heterocycles. The van der Waals surface area contributed by atoms with E-state index in [0.29, 0.717) is 34.3 Å². The maximum absolute atomic E-state index is 14.0. The molecule has 1 atom stereocenters. The fourth-order valence-corrected chi connectivity index (χ4v) is 5.67. The molecule has 0 aliphatic carbocycles. The van der Waals surface area contributed by atoms with E-state index in [0.717, 1.165) is 18.9 Å². The van der Waals surface area contributed by atoms with Gasteiger partial charge in [-0.05, 0) is 61.3 Å². The van der Waals surface area contributed by atoms with E-state index in [1.807, 2.05) is 4.90 Å². The number of likely N-dealkylation sites (tertiary alicyclic amines) is 1. The van der Waals surface area contributed by atoms with Crippen LogP contribution >= 0.6 is 23.2 Å². The van der Waals surface area contributed by atoms with E-state index in [2.05, 4.69) is 10.7 Å². The van der Waals surface area contributed by atoms with Crippen molar-refractivity contribution in [3.63, 3.8) is 0 Å². The summed E-state index contributed by atoms with van der Waals surface area (Å²) in [6, 6.07) is 5.67. The Morgan fingerprint density at radius 3 is 2.41 bits per heavy atom. The molecule has 2 N–H and O–H groups in total. The summed E-state index contributed by atoms with van der Waals surface area (Å²) >= 11 is 12.5. The fourth-order valence-electron chi connectivity index (χ4n) is 4.22. The van der Waals surface area contributed by atoms with E-state index in [4.69, 9.17) is 28.0 Å². The van der Waals surface area contributed by atoms with Gasteiger partial charge in [0.1, 0.15) is 0 Å². The minimum absolute atomic E-state index is 0.0357. The molecule has 37 heavy (non-hydrogen) atoms. The summed E-state index contributed by atoms with van der Waals surface area (Å²) in [6.45, 7) is 3.16. The molecule has 1 aromatic heterocycles. The summed E-state index contributed by atoms with van der Waals surface area (Å²) < 4.78 is 55.6. The van der Waals surface area contributed by atoms with Crippen LogP contribution in [0.2, 0.25) is 10.0 Å². The first-order valence-corrected chi connectivity index (χ1v) is 13.4. The topological polar surface area (TPSA) is 98.3 Å². The number of carbonyl (C=O) groups excluding carboxylic acids is 1. The fraction of sp³-hybridized carbons (Fsp3) is 0.375. The lowest BCUT2D eigenvalue weighted by Gasteiger charge is -2.21. The first-order chi connectivity index (χ1) is 17.5. The van der Waals surface area contributed by atoms with Gasteiger partial charge in [-0.3, -0.25) is 23.3 Å². The van der Waals surface area contributed by atoms with Gasteiger partial charge in [0.25, 0.3) is 5.56 Å². The number of carbonyl (C=O) groups is 1. The molecule has 4 rings (SSSR count). The molecular formula is C24H25Cl2F3N4O3S. The molecule has 1 fully saturated rings. The van der Waals surface area contributed by atoms with Crippen LogP contribution in [0.15, 0.2) is 40.3 Å². The third-order valence-electron chi connectivity index (χ3n) is 5.92. The van der Waals surface area contributed by atoms with E-state index in [1.165, 1.54) is 10.9 Å². The molecule has 7 nitrogen and oxygen atoms in total. The molecule has 1 unspecified atom stereocenters. The maximum Gasteiger partial charge on any atom is 0.416 e. The number of hydrogen-bond donors (Lipinski definition) is 1. The van der Waals surface area contributed by atoms with Crippen LogP contribution < -0.4 is 11.3 Å². The number of hydrogen-bond acceptors (Lipinski definition) is 5. The van der Waals surface area contributed by atoms with Gasteiger partial charge in [0.05, 0.1) is 45.2 Å². The van der Waals surface area contributed by atoms with Gasteiger partial charge in [-0.15, -0.1) is 0 Å². The predicted molar refractivity (Wildman–Crippen MR) is 138 cm³/mol. The highest BCUT2D eigenvalue weighted by Crippen LogP contribution is 2.39. The summed E-state index contributed by atoms with van der Waals surface area (Å²) in [5.74, 6) is 0.365. The lowest BCUT2D eigenvalue weighted by Crippen LogP contribution is -2.25. The number of primary amides is 1. The van der Waals surface area contributed by atoms with Crippen LogP contribution in [-0.2, 0) is 34.9 Å². The standard InChI is InChI=1S/C23H22Cl2F3N3O2S.CH3NO/c1-2-34(33)19-6-5-15(24)9-14(19)11-31-13-29-21-16(22(31)32)10-18(23(26,27)28)17(20(21)25)12-30-7-3-4-8-30;2-1-3/h5-6,9-10,13H,2-4,7-8,11-12H2,1H3;1H,(H2,2,3). The van der Waals surface area contributed by atoms with Gasteiger partial charge in [0.15, 0.2) is 0 Å². The Bertz CT molecular complexity index is 1380. The summed E-state index contributed by atoms with van der Waals surface area (Å²) in [4.78, 5) is 28.5. The van der Waals surface area contributed by atoms with Gasteiger partial charge in [-0.25, -0.2) is 4.98 Å². The minimum atomic E-state index is -4.68. The average Bonchev–Trinajstić information content (AvgIpc) is 3.35. The second-order valence-corrected chi connectivity index (χ2v) is 10.8. The second kappa shape index (κ2) is 12.4. The van der Waals surface area contributed by atoms with Crippen LogP contribution in [0.5, 0.6) is 0 Å². The lowest BCUT2D eigenvalue weighted by atomic mass is 10.0. The van der Waals surface area contributed by atoms with Crippen molar-refractivity contribution < 1.29 is 22.2 Å². The molecule has 2 aromatic carbocycles. The molecule has 1 aliphatic heterocycles. The largest absolute Gasteiger partial charge is 0.416 e. The van der Waals surface area contributed by atoms with Crippen molar-refractivity contribution in [3.8, 4) is 0 Å². The van der Waals surface area contributed by atoms with Crippen molar-refractivity contribution in [1.29, 1.82) is 0 Å². The van der Waals surface area contributed by atoms with E-state index in [-0.39, 0.29) is 41.0 Å². The summed E-state index contributed by atoms with van der Waals surface area (Å²) in [5, 5.41) is 0.0179. The van der Waals surface area contributed by atoms with E-state index in [9.17, 15) is 22.2 Å².